The predicted molar refractivity (Wildman–Crippen MR) is 124 cm³/mol. The van der Waals surface area contributed by atoms with E-state index in [1.54, 1.807) is 23.8 Å². The van der Waals surface area contributed by atoms with Crippen LogP contribution < -0.4 is 10.3 Å². The number of fused-ring (bicyclic) bond motifs is 3. The lowest BCUT2D eigenvalue weighted by Gasteiger charge is -2.11. The quantitative estimate of drug-likeness (QED) is 0.350. The van der Waals surface area contributed by atoms with Crippen LogP contribution in [0.2, 0.25) is 5.02 Å². The van der Waals surface area contributed by atoms with Crippen molar-refractivity contribution in [2.24, 2.45) is 0 Å². The molecule has 33 heavy (non-hydrogen) atoms. The molecule has 0 saturated heterocycles. The van der Waals surface area contributed by atoms with Crippen molar-refractivity contribution in [2.45, 2.75) is 13.1 Å². The summed E-state index contributed by atoms with van der Waals surface area (Å²) in [6, 6.07) is 16.0. The molecule has 0 aliphatic carbocycles. The molecule has 5 nitrogen and oxygen atoms in total. The maximum Gasteiger partial charge on any atom is 0.278 e. The smallest absolute Gasteiger partial charge is 0.278 e. The molecule has 0 fully saturated rings. The van der Waals surface area contributed by atoms with E-state index < -0.39 is 11.6 Å². The second-order valence-corrected chi connectivity index (χ2v) is 8.08. The minimum Gasteiger partial charge on any atom is -0.497 e. The average Bonchev–Trinajstić information content (AvgIpc) is 3.11. The van der Waals surface area contributed by atoms with Crippen LogP contribution in [0.15, 0.2) is 71.8 Å². The molecule has 0 unspecified atom stereocenters. The topological polar surface area (TPSA) is 49.0 Å². The van der Waals surface area contributed by atoms with Crippen LogP contribution in [0.5, 0.6) is 5.75 Å². The first-order chi connectivity index (χ1) is 16.0. The maximum atomic E-state index is 14.6. The van der Waals surface area contributed by atoms with Gasteiger partial charge in [0.1, 0.15) is 28.4 Å². The Labute approximate surface area is 192 Å². The first-order valence-corrected chi connectivity index (χ1v) is 10.6. The van der Waals surface area contributed by atoms with E-state index in [1.165, 1.54) is 35.2 Å². The molecule has 2 heterocycles. The molecule has 166 valence electrons. The Morgan fingerprint density at radius 2 is 1.85 bits per heavy atom. The van der Waals surface area contributed by atoms with Crippen LogP contribution in [-0.4, -0.2) is 21.2 Å². The number of hydrogen-bond donors (Lipinski definition) is 0. The minimum absolute atomic E-state index is 0.00275. The van der Waals surface area contributed by atoms with Crippen LogP contribution in [0.25, 0.3) is 21.9 Å². The lowest BCUT2D eigenvalue weighted by atomic mass is 10.2. The highest BCUT2D eigenvalue weighted by Crippen LogP contribution is 2.29. The Kier molecular flexibility index (Phi) is 5.34. The van der Waals surface area contributed by atoms with Gasteiger partial charge in [0.05, 0.1) is 32.0 Å². The van der Waals surface area contributed by atoms with Gasteiger partial charge in [-0.1, -0.05) is 29.8 Å². The number of hydrogen-bond acceptors (Lipinski definition) is 3. The zero-order chi connectivity index (χ0) is 23.1. The molecule has 0 spiro atoms. The molecule has 5 aromatic rings. The molecule has 0 saturated carbocycles. The molecular formula is C25H18ClF2N3O2. The van der Waals surface area contributed by atoms with Gasteiger partial charge in [0.15, 0.2) is 0 Å². The van der Waals surface area contributed by atoms with Crippen molar-refractivity contribution in [3.63, 3.8) is 0 Å². The third-order valence-corrected chi connectivity index (χ3v) is 6.01. The Bertz CT molecular complexity index is 1560. The highest BCUT2D eigenvalue weighted by molar-refractivity contribution is 6.31. The van der Waals surface area contributed by atoms with Gasteiger partial charge in [-0.05, 0) is 48.0 Å². The van der Waals surface area contributed by atoms with E-state index in [2.05, 4.69) is 4.98 Å². The first-order valence-electron chi connectivity index (χ1n) is 10.2. The first kappa shape index (κ1) is 21.2. The molecule has 0 aliphatic heterocycles. The molecule has 0 aliphatic rings. The molecule has 5 rings (SSSR count). The largest absolute Gasteiger partial charge is 0.497 e. The molecule has 0 atom stereocenters. The fourth-order valence-corrected chi connectivity index (χ4v) is 4.28. The van der Waals surface area contributed by atoms with Crippen molar-refractivity contribution < 1.29 is 13.5 Å². The van der Waals surface area contributed by atoms with Crippen molar-refractivity contribution in [3.8, 4) is 5.75 Å². The second-order valence-electron chi connectivity index (χ2n) is 7.67. The van der Waals surface area contributed by atoms with Crippen LogP contribution in [0.3, 0.4) is 0 Å². The highest BCUT2D eigenvalue weighted by Gasteiger charge is 2.19. The van der Waals surface area contributed by atoms with Gasteiger partial charge in [-0.15, -0.1) is 0 Å². The van der Waals surface area contributed by atoms with Gasteiger partial charge in [-0.2, -0.15) is 0 Å². The number of rotatable bonds is 5. The van der Waals surface area contributed by atoms with E-state index in [1.807, 2.05) is 24.3 Å². The zero-order valence-corrected chi connectivity index (χ0v) is 18.3. The van der Waals surface area contributed by atoms with E-state index in [4.69, 9.17) is 16.3 Å². The summed E-state index contributed by atoms with van der Waals surface area (Å²) in [7, 11) is 1.57. The Morgan fingerprint density at radius 1 is 1.03 bits per heavy atom. The summed E-state index contributed by atoms with van der Waals surface area (Å²) in [4.78, 5) is 18.0. The van der Waals surface area contributed by atoms with Gasteiger partial charge < -0.3 is 9.30 Å². The number of methoxy groups -OCH3 is 1. The second kappa shape index (κ2) is 8.33. The van der Waals surface area contributed by atoms with E-state index >= 15 is 0 Å². The van der Waals surface area contributed by atoms with Gasteiger partial charge in [-0.25, -0.2) is 13.8 Å². The van der Waals surface area contributed by atoms with Crippen molar-refractivity contribution in [3.05, 3.63) is 105 Å². The molecular weight excluding hydrogens is 448 g/mol. The summed E-state index contributed by atoms with van der Waals surface area (Å²) in [5.74, 6) is -0.263. The summed E-state index contributed by atoms with van der Waals surface area (Å²) in [5.41, 5.74) is 1.93. The molecule has 0 amide bonds. The van der Waals surface area contributed by atoms with Crippen LogP contribution in [-0.2, 0) is 13.1 Å². The molecule has 0 bridgehead atoms. The zero-order valence-electron chi connectivity index (χ0n) is 17.6. The standard InChI is InChI=1S/C25H18ClF2N3O2/c1-33-17-5-2-4-15(10-17)12-30-14-29-23-18-11-16(27)8-9-22(18)31(24(23)25(30)32)13-19-20(26)6-3-7-21(19)28/h2-11,14H,12-13H2,1H3. The number of benzene rings is 3. The third kappa shape index (κ3) is 3.74. The van der Waals surface area contributed by atoms with E-state index in [-0.39, 0.29) is 34.8 Å². The van der Waals surface area contributed by atoms with Crippen molar-refractivity contribution in [1.29, 1.82) is 0 Å². The van der Waals surface area contributed by atoms with Gasteiger partial charge in [0.2, 0.25) is 0 Å². The van der Waals surface area contributed by atoms with E-state index in [0.717, 1.165) is 5.56 Å². The number of ether oxygens (including phenoxy) is 1. The number of aromatic nitrogens is 3. The van der Waals surface area contributed by atoms with Gasteiger partial charge >= 0.3 is 0 Å². The fraction of sp³-hybridized carbons (Fsp3) is 0.120. The SMILES string of the molecule is COc1cccc(Cn2cnc3c4cc(F)ccc4n(Cc4c(F)cccc4Cl)c3c2=O)c1. The van der Waals surface area contributed by atoms with Gasteiger partial charge in [0.25, 0.3) is 5.56 Å². The predicted octanol–water partition coefficient (Wildman–Crippen LogP) is 5.39. The van der Waals surface area contributed by atoms with Crippen molar-refractivity contribution in [2.75, 3.05) is 7.11 Å². The summed E-state index contributed by atoms with van der Waals surface area (Å²) >= 11 is 6.26. The van der Waals surface area contributed by atoms with Crippen LogP contribution in [0.1, 0.15) is 11.1 Å². The molecule has 2 aromatic heterocycles. The lowest BCUT2D eigenvalue weighted by Crippen LogP contribution is -2.23. The summed E-state index contributed by atoms with van der Waals surface area (Å²) in [6.45, 7) is 0.256. The number of nitrogens with zero attached hydrogens (tertiary/aromatic N) is 3. The van der Waals surface area contributed by atoms with Crippen LogP contribution in [0.4, 0.5) is 8.78 Å². The Morgan fingerprint density at radius 3 is 2.64 bits per heavy atom. The van der Waals surface area contributed by atoms with Crippen molar-refractivity contribution in [1.82, 2.24) is 14.1 Å². The Hall–Kier alpha value is -3.71. The fourth-order valence-electron chi connectivity index (χ4n) is 4.06. The third-order valence-electron chi connectivity index (χ3n) is 5.65. The summed E-state index contributed by atoms with van der Waals surface area (Å²) < 4.78 is 37.0. The summed E-state index contributed by atoms with van der Waals surface area (Å²) in [5, 5.41) is 0.718. The average molecular weight is 466 g/mol. The maximum absolute atomic E-state index is 14.6. The molecule has 3 aromatic carbocycles. The highest BCUT2D eigenvalue weighted by atomic mass is 35.5. The minimum atomic E-state index is -0.486. The molecule has 0 radical (unpaired) electrons. The van der Waals surface area contributed by atoms with Gasteiger partial charge in [-0.3, -0.25) is 9.36 Å². The van der Waals surface area contributed by atoms with Crippen LogP contribution in [0, 0.1) is 11.6 Å². The molecule has 8 heteroatoms. The normalized spacial score (nSPS) is 11.4. The number of halogens is 3. The Balaban J connectivity index is 1.73. The molecule has 0 N–H and O–H groups in total. The van der Waals surface area contributed by atoms with Crippen molar-refractivity contribution >= 4 is 33.5 Å². The monoisotopic (exact) mass is 465 g/mol. The van der Waals surface area contributed by atoms with E-state index in [0.29, 0.717) is 22.2 Å². The van der Waals surface area contributed by atoms with Crippen LogP contribution >= 0.6 is 11.6 Å². The lowest BCUT2D eigenvalue weighted by molar-refractivity contribution is 0.414. The van der Waals surface area contributed by atoms with E-state index in [9.17, 15) is 13.6 Å². The van der Waals surface area contributed by atoms with Gasteiger partial charge in [0, 0.05) is 16.0 Å². The summed E-state index contributed by atoms with van der Waals surface area (Å²) in [6.07, 6.45) is 1.44.